The Morgan fingerprint density at radius 3 is 2.73 bits per heavy atom. The predicted octanol–water partition coefficient (Wildman–Crippen LogP) is 3.11. The molecule has 26 heavy (non-hydrogen) atoms. The van der Waals surface area contributed by atoms with E-state index in [1.807, 2.05) is 47.4 Å². The van der Waals surface area contributed by atoms with Gasteiger partial charge < -0.3 is 10.6 Å². The van der Waals surface area contributed by atoms with Crippen molar-refractivity contribution in [3.05, 3.63) is 60.4 Å². The summed E-state index contributed by atoms with van der Waals surface area (Å²) in [6.45, 7) is 4.18. The Balaban J connectivity index is 1.80. The molecule has 2 aromatic heterocycles. The number of benzene rings is 1. The second kappa shape index (κ2) is 6.50. The summed E-state index contributed by atoms with van der Waals surface area (Å²) in [5.74, 6) is 0.0519. The van der Waals surface area contributed by atoms with Crippen LogP contribution in [0.3, 0.4) is 0 Å². The highest BCUT2D eigenvalue weighted by atomic mass is 16.2. The van der Waals surface area contributed by atoms with Crippen molar-refractivity contribution in [1.29, 1.82) is 0 Å². The minimum Gasteiger partial charge on any atom is -0.338 e. The minimum atomic E-state index is 0.00637. The molecule has 1 unspecified atom stereocenters. The van der Waals surface area contributed by atoms with Crippen molar-refractivity contribution >= 4 is 16.8 Å². The number of pyridine rings is 2. The first-order valence-corrected chi connectivity index (χ1v) is 8.89. The highest BCUT2D eigenvalue weighted by Crippen LogP contribution is 2.31. The molecule has 1 atom stereocenters. The van der Waals surface area contributed by atoms with E-state index < -0.39 is 0 Å². The van der Waals surface area contributed by atoms with Crippen LogP contribution in [0, 0.1) is 5.41 Å². The zero-order chi connectivity index (χ0) is 18.1. The lowest BCUT2D eigenvalue weighted by atomic mass is 9.90. The molecule has 1 fully saturated rings. The molecule has 1 aromatic carbocycles. The third kappa shape index (κ3) is 2.95. The smallest absolute Gasteiger partial charge is 0.254 e. The minimum absolute atomic E-state index is 0.00637. The fraction of sp³-hybridized carbons (Fsp3) is 0.286. The SMILES string of the molecule is CC1(CN)CCN(C(=O)c2cc(-c3ccncc3)nc3ccccc23)C1. The lowest BCUT2D eigenvalue weighted by molar-refractivity contribution is 0.0779. The van der Waals surface area contributed by atoms with Crippen LogP contribution in [0.4, 0.5) is 0 Å². The van der Waals surface area contributed by atoms with Crippen molar-refractivity contribution in [2.24, 2.45) is 11.1 Å². The molecule has 0 aliphatic carbocycles. The average Bonchev–Trinajstić information content (AvgIpc) is 3.10. The summed E-state index contributed by atoms with van der Waals surface area (Å²) in [5, 5.41) is 0.886. The number of aromatic nitrogens is 2. The molecule has 0 bridgehead atoms. The van der Waals surface area contributed by atoms with Gasteiger partial charge in [0.1, 0.15) is 0 Å². The van der Waals surface area contributed by atoms with Crippen molar-refractivity contribution in [2.45, 2.75) is 13.3 Å². The molecule has 0 spiro atoms. The number of carbonyl (C=O) groups excluding carboxylic acids is 1. The second-order valence-corrected chi connectivity index (χ2v) is 7.30. The van der Waals surface area contributed by atoms with Crippen LogP contribution in [0.1, 0.15) is 23.7 Å². The van der Waals surface area contributed by atoms with Crippen LogP contribution in [-0.2, 0) is 0 Å². The zero-order valence-electron chi connectivity index (χ0n) is 14.9. The van der Waals surface area contributed by atoms with Gasteiger partial charge in [-0.05, 0) is 42.6 Å². The van der Waals surface area contributed by atoms with Crippen molar-refractivity contribution < 1.29 is 4.79 Å². The van der Waals surface area contributed by atoms with E-state index in [4.69, 9.17) is 10.7 Å². The number of carbonyl (C=O) groups is 1. The zero-order valence-corrected chi connectivity index (χ0v) is 14.9. The van der Waals surface area contributed by atoms with Gasteiger partial charge in [0.2, 0.25) is 0 Å². The summed E-state index contributed by atoms with van der Waals surface area (Å²) in [6.07, 6.45) is 4.41. The summed E-state index contributed by atoms with van der Waals surface area (Å²) >= 11 is 0. The number of hydrogen-bond acceptors (Lipinski definition) is 4. The quantitative estimate of drug-likeness (QED) is 0.791. The Morgan fingerprint density at radius 1 is 1.23 bits per heavy atom. The second-order valence-electron chi connectivity index (χ2n) is 7.30. The molecule has 1 saturated heterocycles. The standard InChI is InChI=1S/C21H22N4O/c1-21(13-22)8-11-25(14-21)20(26)17-12-19(15-6-9-23-10-7-15)24-18-5-3-2-4-16(17)18/h2-7,9-10,12H,8,11,13-14,22H2,1H3. The fourth-order valence-corrected chi connectivity index (χ4v) is 3.56. The molecule has 5 nitrogen and oxygen atoms in total. The van der Waals surface area contributed by atoms with E-state index in [9.17, 15) is 4.79 Å². The Morgan fingerprint density at radius 2 is 2.00 bits per heavy atom. The van der Waals surface area contributed by atoms with Gasteiger partial charge in [0.15, 0.2) is 0 Å². The number of para-hydroxylation sites is 1. The average molecular weight is 346 g/mol. The molecule has 0 radical (unpaired) electrons. The van der Waals surface area contributed by atoms with E-state index in [0.717, 1.165) is 35.1 Å². The van der Waals surface area contributed by atoms with E-state index >= 15 is 0 Å². The number of hydrogen-bond donors (Lipinski definition) is 1. The number of rotatable bonds is 3. The van der Waals surface area contributed by atoms with Crippen molar-refractivity contribution in [3.63, 3.8) is 0 Å². The maximum atomic E-state index is 13.3. The monoisotopic (exact) mass is 346 g/mol. The summed E-state index contributed by atoms with van der Waals surface area (Å²) in [5.41, 5.74) is 9.17. The van der Waals surface area contributed by atoms with Crippen LogP contribution < -0.4 is 5.73 Å². The van der Waals surface area contributed by atoms with Gasteiger partial charge in [-0.3, -0.25) is 9.78 Å². The first-order chi connectivity index (χ1) is 12.6. The summed E-state index contributed by atoms with van der Waals surface area (Å²) in [7, 11) is 0. The Labute approximate surface area is 152 Å². The van der Waals surface area contributed by atoms with Crippen LogP contribution in [0.2, 0.25) is 0 Å². The fourth-order valence-electron chi connectivity index (χ4n) is 3.56. The first kappa shape index (κ1) is 16.7. The number of fused-ring (bicyclic) bond motifs is 1. The third-order valence-electron chi connectivity index (χ3n) is 5.26. The molecule has 1 aliphatic rings. The van der Waals surface area contributed by atoms with Gasteiger partial charge >= 0.3 is 0 Å². The van der Waals surface area contributed by atoms with E-state index in [-0.39, 0.29) is 11.3 Å². The molecular weight excluding hydrogens is 324 g/mol. The number of likely N-dealkylation sites (tertiary alicyclic amines) is 1. The van der Waals surface area contributed by atoms with Crippen LogP contribution >= 0.6 is 0 Å². The normalized spacial score (nSPS) is 19.8. The molecule has 2 N–H and O–H groups in total. The van der Waals surface area contributed by atoms with E-state index in [1.165, 1.54) is 0 Å². The maximum Gasteiger partial charge on any atom is 0.254 e. The van der Waals surface area contributed by atoms with Crippen molar-refractivity contribution in [3.8, 4) is 11.3 Å². The molecule has 5 heteroatoms. The van der Waals surface area contributed by atoms with E-state index in [1.54, 1.807) is 12.4 Å². The lowest BCUT2D eigenvalue weighted by Crippen LogP contribution is -2.34. The third-order valence-corrected chi connectivity index (χ3v) is 5.26. The van der Waals surface area contributed by atoms with Gasteiger partial charge in [-0.1, -0.05) is 25.1 Å². The highest BCUT2D eigenvalue weighted by Gasteiger charge is 2.35. The van der Waals surface area contributed by atoms with Crippen LogP contribution in [0.5, 0.6) is 0 Å². The first-order valence-electron chi connectivity index (χ1n) is 8.89. The largest absolute Gasteiger partial charge is 0.338 e. The van der Waals surface area contributed by atoms with Gasteiger partial charge in [-0.25, -0.2) is 4.98 Å². The predicted molar refractivity (Wildman–Crippen MR) is 103 cm³/mol. The topological polar surface area (TPSA) is 72.1 Å². The van der Waals surface area contributed by atoms with E-state index in [2.05, 4.69) is 11.9 Å². The molecule has 1 aliphatic heterocycles. The molecular formula is C21H22N4O. The van der Waals surface area contributed by atoms with Gasteiger partial charge in [-0.2, -0.15) is 0 Å². The number of amides is 1. The Kier molecular flexibility index (Phi) is 4.17. The molecule has 1 amide bonds. The summed E-state index contributed by atoms with van der Waals surface area (Å²) in [4.78, 5) is 24.0. The van der Waals surface area contributed by atoms with Gasteiger partial charge in [-0.15, -0.1) is 0 Å². The highest BCUT2D eigenvalue weighted by molar-refractivity contribution is 6.07. The Bertz CT molecular complexity index is 957. The number of nitrogens with zero attached hydrogens (tertiary/aromatic N) is 3. The van der Waals surface area contributed by atoms with Crippen LogP contribution in [0.25, 0.3) is 22.2 Å². The van der Waals surface area contributed by atoms with Crippen molar-refractivity contribution in [2.75, 3.05) is 19.6 Å². The summed E-state index contributed by atoms with van der Waals surface area (Å²) in [6, 6.07) is 13.5. The van der Waals surface area contributed by atoms with E-state index in [0.29, 0.717) is 18.7 Å². The van der Waals surface area contributed by atoms with Crippen LogP contribution in [-0.4, -0.2) is 40.4 Å². The summed E-state index contributed by atoms with van der Waals surface area (Å²) < 4.78 is 0. The van der Waals surface area contributed by atoms with Crippen molar-refractivity contribution in [1.82, 2.24) is 14.9 Å². The number of nitrogens with two attached hydrogens (primary N) is 1. The molecule has 132 valence electrons. The van der Waals surface area contributed by atoms with Gasteiger partial charge in [0.05, 0.1) is 16.8 Å². The van der Waals surface area contributed by atoms with Gasteiger partial charge in [0, 0.05) is 36.4 Å². The Hall–Kier alpha value is -2.79. The molecule has 0 saturated carbocycles. The van der Waals surface area contributed by atoms with Crippen LogP contribution in [0.15, 0.2) is 54.9 Å². The van der Waals surface area contributed by atoms with Gasteiger partial charge in [0.25, 0.3) is 5.91 Å². The maximum absolute atomic E-state index is 13.3. The molecule has 4 rings (SSSR count). The molecule has 3 aromatic rings. The molecule has 3 heterocycles. The lowest BCUT2D eigenvalue weighted by Gasteiger charge is -2.23.